The van der Waals surface area contributed by atoms with Gasteiger partial charge < -0.3 is 10.8 Å². The van der Waals surface area contributed by atoms with Crippen molar-refractivity contribution < 1.29 is 5.11 Å². The molecule has 0 atom stereocenters. The molecule has 0 bridgehead atoms. The fraction of sp³-hybridized carbons (Fsp3) is 0.600. The van der Waals surface area contributed by atoms with Gasteiger partial charge in [0.05, 0.1) is 0 Å². The minimum absolute atomic E-state index is 0.0556. The molecule has 0 aromatic carbocycles. The van der Waals surface area contributed by atoms with Gasteiger partial charge in [-0.3, -0.25) is 0 Å². The summed E-state index contributed by atoms with van der Waals surface area (Å²) in [4.78, 5) is 0. The highest BCUT2D eigenvalue weighted by Gasteiger charge is 1.65. The third-order valence-corrected chi connectivity index (χ3v) is 0.473. The first-order chi connectivity index (χ1) is 3.41. The highest BCUT2D eigenvalue weighted by molar-refractivity contribution is 4.98. The second-order valence-corrected chi connectivity index (χ2v) is 1.05. The lowest BCUT2D eigenvalue weighted by atomic mass is 10.4. The van der Waals surface area contributed by atoms with Crippen LogP contribution in [-0.2, 0) is 0 Å². The van der Waals surface area contributed by atoms with Crippen LogP contribution in [0.5, 0.6) is 0 Å². The van der Waals surface area contributed by atoms with E-state index < -0.39 is 0 Å². The number of hydrogen-bond donors (Lipinski definition) is 2. The molecule has 0 heterocycles. The van der Waals surface area contributed by atoms with E-state index >= 15 is 0 Å². The van der Waals surface area contributed by atoms with Gasteiger partial charge in [0, 0.05) is 13.0 Å². The first-order valence-electron chi connectivity index (χ1n) is 2.18. The maximum Gasteiger partial charge on any atom is 0.104 e. The van der Waals surface area contributed by atoms with Gasteiger partial charge in [-0.15, -0.1) is 0 Å². The lowest BCUT2D eigenvalue weighted by Gasteiger charge is -1.75. The maximum atomic E-state index is 8.08. The maximum absolute atomic E-state index is 8.08. The van der Waals surface area contributed by atoms with Crippen molar-refractivity contribution >= 4 is 0 Å². The van der Waals surface area contributed by atoms with Gasteiger partial charge in [-0.2, -0.15) is 0 Å². The Morgan fingerprint density at radius 3 is 2.57 bits per heavy atom. The molecule has 7 heavy (non-hydrogen) atoms. The average Bonchev–Trinajstić information content (AvgIpc) is 1.69. The molecule has 0 spiro atoms. The molecule has 2 heteroatoms. The van der Waals surface area contributed by atoms with Crippen molar-refractivity contribution in [3.8, 4) is 11.8 Å². The summed E-state index contributed by atoms with van der Waals surface area (Å²) in [5, 5.41) is 8.08. The Hall–Kier alpha value is -0.520. The average molecular weight is 99.1 g/mol. The summed E-state index contributed by atoms with van der Waals surface area (Å²) < 4.78 is 0. The fourth-order valence-electron chi connectivity index (χ4n) is 0.216. The molecule has 0 aliphatic heterocycles. The van der Waals surface area contributed by atoms with Crippen LogP contribution in [0, 0.1) is 11.8 Å². The van der Waals surface area contributed by atoms with E-state index in [2.05, 4.69) is 11.8 Å². The fourth-order valence-corrected chi connectivity index (χ4v) is 0.216. The van der Waals surface area contributed by atoms with Crippen LogP contribution in [0.1, 0.15) is 6.42 Å². The van der Waals surface area contributed by atoms with Crippen LogP contribution in [-0.4, -0.2) is 18.3 Å². The highest BCUT2D eigenvalue weighted by Crippen LogP contribution is 1.63. The molecule has 40 valence electrons. The number of aliphatic hydroxyl groups excluding tert-OH is 1. The molecular weight excluding hydrogens is 90.1 g/mol. The monoisotopic (exact) mass is 99.1 g/mol. The van der Waals surface area contributed by atoms with Crippen molar-refractivity contribution in [1.29, 1.82) is 0 Å². The van der Waals surface area contributed by atoms with Gasteiger partial charge in [0.2, 0.25) is 0 Å². The Bertz CT molecular complexity index is 79.8. The molecule has 0 aromatic rings. The molecule has 0 saturated heterocycles. The standard InChI is InChI=1S/C5H9NO/c6-4-2-1-3-5-7/h7H,2,4-6H2. The summed E-state index contributed by atoms with van der Waals surface area (Å²) in [7, 11) is 0. The normalized spacial score (nSPS) is 7.14. The van der Waals surface area contributed by atoms with E-state index in [1.165, 1.54) is 0 Å². The van der Waals surface area contributed by atoms with Crippen molar-refractivity contribution in [2.24, 2.45) is 5.73 Å². The molecule has 2 nitrogen and oxygen atoms in total. The van der Waals surface area contributed by atoms with Crippen molar-refractivity contribution in [2.75, 3.05) is 13.2 Å². The van der Waals surface area contributed by atoms with Crippen molar-refractivity contribution in [2.45, 2.75) is 6.42 Å². The summed E-state index contributed by atoms with van der Waals surface area (Å²) in [6.45, 7) is 0.521. The molecule has 0 amide bonds. The number of hydrogen-bond acceptors (Lipinski definition) is 2. The number of nitrogens with two attached hydrogens (primary N) is 1. The number of aliphatic hydroxyl groups is 1. The summed E-state index contributed by atoms with van der Waals surface area (Å²) in [6.07, 6.45) is 0.681. The van der Waals surface area contributed by atoms with Gasteiger partial charge in [0.1, 0.15) is 6.61 Å². The molecular formula is C5H9NO. The second kappa shape index (κ2) is 5.48. The van der Waals surface area contributed by atoms with Gasteiger partial charge in [0.25, 0.3) is 0 Å². The summed E-state index contributed by atoms with van der Waals surface area (Å²) in [5.74, 6) is 5.13. The minimum Gasteiger partial charge on any atom is -0.384 e. The van der Waals surface area contributed by atoms with Gasteiger partial charge in [-0.25, -0.2) is 0 Å². The highest BCUT2D eigenvalue weighted by atomic mass is 16.2. The lowest BCUT2D eigenvalue weighted by Crippen LogP contribution is -1.95. The van der Waals surface area contributed by atoms with Gasteiger partial charge >= 0.3 is 0 Å². The smallest absolute Gasteiger partial charge is 0.104 e. The first-order valence-corrected chi connectivity index (χ1v) is 2.18. The Balaban J connectivity index is 2.91. The van der Waals surface area contributed by atoms with E-state index in [1.54, 1.807) is 0 Å². The van der Waals surface area contributed by atoms with Crippen LogP contribution < -0.4 is 5.73 Å². The Morgan fingerprint density at radius 2 is 2.14 bits per heavy atom. The summed E-state index contributed by atoms with van der Waals surface area (Å²) in [5.41, 5.74) is 5.09. The van der Waals surface area contributed by atoms with Gasteiger partial charge in [-0.1, -0.05) is 11.8 Å². The number of rotatable bonds is 1. The molecule has 0 aliphatic rings. The molecule has 0 aromatic heterocycles. The molecule has 0 radical (unpaired) electrons. The molecule has 3 N–H and O–H groups in total. The topological polar surface area (TPSA) is 46.2 Å². The zero-order valence-corrected chi connectivity index (χ0v) is 4.15. The molecule has 0 fully saturated rings. The van der Waals surface area contributed by atoms with E-state index in [0.29, 0.717) is 13.0 Å². The van der Waals surface area contributed by atoms with Crippen LogP contribution in [0.2, 0.25) is 0 Å². The van der Waals surface area contributed by atoms with E-state index in [1.807, 2.05) is 0 Å². The van der Waals surface area contributed by atoms with Crippen LogP contribution >= 0.6 is 0 Å². The minimum atomic E-state index is -0.0556. The Morgan fingerprint density at radius 1 is 1.43 bits per heavy atom. The predicted molar refractivity (Wildman–Crippen MR) is 28.5 cm³/mol. The zero-order chi connectivity index (χ0) is 5.54. The van der Waals surface area contributed by atoms with E-state index in [9.17, 15) is 0 Å². The Kier molecular flexibility index (Phi) is 5.07. The SMILES string of the molecule is NCCC#CCO. The van der Waals surface area contributed by atoms with Crippen LogP contribution in [0.15, 0.2) is 0 Å². The predicted octanol–water partition coefficient (Wildman–Crippen LogP) is -0.669. The molecule has 0 unspecified atom stereocenters. The quantitative estimate of drug-likeness (QED) is 0.428. The van der Waals surface area contributed by atoms with Crippen molar-refractivity contribution in [3.63, 3.8) is 0 Å². The van der Waals surface area contributed by atoms with Crippen LogP contribution in [0.3, 0.4) is 0 Å². The van der Waals surface area contributed by atoms with E-state index in [-0.39, 0.29) is 6.61 Å². The lowest BCUT2D eigenvalue weighted by molar-refractivity contribution is 0.350. The van der Waals surface area contributed by atoms with Crippen molar-refractivity contribution in [3.05, 3.63) is 0 Å². The summed E-state index contributed by atoms with van der Waals surface area (Å²) in [6, 6.07) is 0. The van der Waals surface area contributed by atoms with E-state index in [4.69, 9.17) is 10.8 Å². The van der Waals surface area contributed by atoms with Crippen LogP contribution in [0.25, 0.3) is 0 Å². The molecule has 0 aliphatic carbocycles. The van der Waals surface area contributed by atoms with Gasteiger partial charge in [-0.05, 0) is 0 Å². The zero-order valence-electron chi connectivity index (χ0n) is 4.15. The molecule has 0 rings (SSSR count). The second-order valence-electron chi connectivity index (χ2n) is 1.05. The Labute approximate surface area is 43.3 Å². The largest absolute Gasteiger partial charge is 0.384 e. The third kappa shape index (κ3) is 5.48. The van der Waals surface area contributed by atoms with E-state index in [0.717, 1.165) is 0 Å². The van der Waals surface area contributed by atoms with Gasteiger partial charge in [0.15, 0.2) is 0 Å². The molecule has 0 saturated carbocycles. The van der Waals surface area contributed by atoms with Crippen LogP contribution in [0.4, 0.5) is 0 Å². The third-order valence-electron chi connectivity index (χ3n) is 0.473. The first kappa shape index (κ1) is 6.48. The van der Waals surface area contributed by atoms with Crippen molar-refractivity contribution in [1.82, 2.24) is 0 Å². The summed E-state index contributed by atoms with van der Waals surface area (Å²) >= 11 is 0.